The second-order valence-corrected chi connectivity index (χ2v) is 7.49. The number of ether oxygens (including phenoxy) is 1. The molecule has 1 rings (SSSR count). The maximum Gasteiger partial charge on any atom is 0.156 e. The highest BCUT2D eigenvalue weighted by Crippen LogP contribution is 2.26. The molecule has 1 unspecified atom stereocenters. The molecule has 0 aliphatic rings. The van der Waals surface area contributed by atoms with Crippen molar-refractivity contribution >= 4 is 9.84 Å². The van der Waals surface area contributed by atoms with E-state index in [1.54, 1.807) is 21.0 Å². The molecule has 0 bridgehead atoms. The van der Waals surface area contributed by atoms with E-state index in [1.807, 2.05) is 32.2 Å². The highest BCUT2D eigenvalue weighted by Gasteiger charge is 2.20. The molecule has 0 saturated carbocycles. The minimum atomic E-state index is -3.13. The minimum absolute atomic E-state index is 0.0120. The fourth-order valence-corrected chi connectivity index (χ4v) is 2.72. The Morgan fingerprint density at radius 1 is 1.26 bits per heavy atom. The van der Waals surface area contributed by atoms with Gasteiger partial charge in [-0.15, -0.1) is 0 Å². The number of nitrogens with one attached hydrogen (secondary N) is 1. The Morgan fingerprint density at radius 2 is 1.89 bits per heavy atom. The Balaban J connectivity index is 3.17. The maximum atomic E-state index is 12.0. The topological polar surface area (TPSA) is 55.4 Å². The van der Waals surface area contributed by atoms with Crippen LogP contribution in [0.4, 0.5) is 0 Å². The lowest BCUT2D eigenvalue weighted by atomic mass is 10.1. The van der Waals surface area contributed by atoms with Gasteiger partial charge in [-0.3, -0.25) is 0 Å². The van der Waals surface area contributed by atoms with Crippen molar-refractivity contribution in [3.05, 3.63) is 29.3 Å². The van der Waals surface area contributed by atoms with Crippen LogP contribution in [0.1, 0.15) is 37.9 Å². The van der Waals surface area contributed by atoms with Crippen molar-refractivity contribution in [3.63, 3.8) is 0 Å². The minimum Gasteiger partial charge on any atom is -0.496 e. The summed E-state index contributed by atoms with van der Waals surface area (Å²) in [5.74, 6) is 0.634. The molecule has 1 aromatic rings. The van der Waals surface area contributed by atoms with E-state index in [-0.39, 0.29) is 17.0 Å². The summed E-state index contributed by atoms with van der Waals surface area (Å²) in [5.41, 5.74) is 1.77. The lowest BCUT2D eigenvalue weighted by Gasteiger charge is -2.16. The Bertz CT molecular complexity index is 523. The Labute approximate surface area is 116 Å². The van der Waals surface area contributed by atoms with Crippen LogP contribution in [0.15, 0.2) is 18.2 Å². The smallest absolute Gasteiger partial charge is 0.156 e. The van der Waals surface area contributed by atoms with E-state index in [9.17, 15) is 8.42 Å². The molecule has 5 heteroatoms. The van der Waals surface area contributed by atoms with Gasteiger partial charge in [0.2, 0.25) is 0 Å². The summed E-state index contributed by atoms with van der Waals surface area (Å²) < 4.78 is 29.3. The molecule has 0 saturated heterocycles. The standard InChI is InChI=1S/C14H23NO3S/c1-10(2)19(16,17)9-13-8-12(11(3)15-4)6-7-14(13)18-5/h6-8,10-11,15H,9H2,1-5H3. The van der Waals surface area contributed by atoms with Crippen LogP contribution in [0.25, 0.3) is 0 Å². The van der Waals surface area contributed by atoms with Crippen LogP contribution in [0, 0.1) is 0 Å². The van der Waals surface area contributed by atoms with Crippen LogP contribution in [-0.2, 0) is 15.6 Å². The summed E-state index contributed by atoms with van der Waals surface area (Å²) in [6.07, 6.45) is 0. The van der Waals surface area contributed by atoms with Gasteiger partial charge >= 0.3 is 0 Å². The molecule has 0 radical (unpaired) electrons. The molecule has 0 aliphatic carbocycles. The van der Waals surface area contributed by atoms with Gasteiger partial charge < -0.3 is 10.1 Å². The maximum absolute atomic E-state index is 12.0. The largest absolute Gasteiger partial charge is 0.496 e. The van der Waals surface area contributed by atoms with E-state index < -0.39 is 9.84 Å². The molecule has 4 nitrogen and oxygen atoms in total. The van der Waals surface area contributed by atoms with Gasteiger partial charge in [0, 0.05) is 11.6 Å². The van der Waals surface area contributed by atoms with E-state index in [2.05, 4.69) is 5.32 Å². The van der Waals surface area contributed by atoms with Crippen molar-refractivity contribution < 1.29 is 13.2 Å². The zero-order valence-electron chi connectivity index (χ0n) is 12.2. The van der Waals surface area contributed by atoms with Crippen molar-refractivity contribution in [2.45, 2.75) is 37.8 Å². The number of methoxy groups -OCH3 is 1. The third-order valence-corrected chi connectivity index (χ3v) is 5.46. The first kappa shape index (κ1) is 16.0. The Hall–Kier alpha value is -1.07. The molecule has 0 aliphatic heterocycles. The van der Waals surface area contributed by atoms with Gasteiger partial charge in [-0.2, -0.15) is 0 Å². The van der Waals surface area contributed by atoms with E-state index in [0.29, 0.717) is 5.75 Å². The quantitative estimate of drug-likeness (QED) is 0.871. The summed E-state index contributed by atoms with van der Waals surface area (Å²) in [4.78, 5) is 0. The highest BCUT2D eigenvalue weighted by atomic mass is 32.2. The second kappa shape index (κ2) is 6.39. The van der Waals surface area contributed by atoms with Gasteiger partial charge in [-0.25, -0.2) is 8.42 Å². The average molecular weight is 285 g/mol. The first-order valence-electron chi connectivity index (χ1n) is 6.37. The van der Waals surface area contributed by atoms with Crippen molar-refractivity contribution in [1.82, 2.24) is 5.32 Å². The van der Waals surface area contributed by atoms with Crippen molar-refractivity contribution in [2.75, 3.05) is 14.2 Å². The van der Waals surface area contributed by atoms with Crippen molar-refractivity contribution in [1.29, 1.82) is 0 Å². The van der Waals surface area contributed by atoms with E-state index >= 15 is 0 Å². The van der Waals surface area contributed by atoms with Crippen LogP contribution in [-0.4, -0.2) is 27.8 Å². The fraction of sp³-hybridized carbons (Fsp3) is 0.571. The third-order valence-electron chi connectivity index (χ3n) is 3.31. The Morgan fingerprint density at radius 3 is 2.37 bits per heavy atom. The molecule has 0 spiro atoms. The molecular weight excluding hydrogens is 262 g/mol. The zero-order chi connectivity index (χ0) is 14.6. The van der Waals surface area contributed by atoms with Crippen LogP contribution in [0.5, 0.6) is 5.75 Å². The van der Waals surface area contributed by atoms with Gasteiger partial charge in [0.05, 0.1) is 18.1 Å². The van der Waals surface area contributed by atoms with Crippen LogP contribution in [0.2, 0.25) is 0 Å². The number of benzene rings is 1. The number of rotatable bonds is 6. The molecule has 1 atom stereocenters. The summed E-state index contributed by atoms with van der Waals surface area (Å²) in [6.45, 7) is 5.42. The molecule has 1 aromatic carbocycles. The highest BCUT2D eigenvalue weighted by molar-refractivity contribution is 7.91. The number of sulfone groups is 1. The first-order valence-corrected chi connectivity index (χ1v) is 8.09. The zero-order valence-corrected chi connectivity index (χ0v) is 13.0. The van der Waals surface area contributed by atoms with Gasteiger partial charge in [0.15, 0.2) is 9.84 Å². The van der Waals surface area contributed by atoms with Gasteiger partial charge in [0.25, 0.3) is 0 Å². The number of hydrogen-bond acceptors (Lipinski definition) is 4. The van der Waals surface area contributed by atoms with Gasteiger partial charge in [-0.05, 0) is 45.5 Å². The van der Waals surface area contributed by atoms with Gasteiger partial charge in [-0.1, -0.05) is 6.07 Å². The van der Waals surface area contributed by atoms with Gasteiger partial charge in [0.1, 0.15) is 5.75 Å². The molecular formula is C14H23NO3S. The predicted octanol–water partition coefficient (Wildman–Crippen LogP) is 2.30. The molecule has 1 N–H and O–H groups in total. The summed E-state index contributed by atoms with van der Waals surface area (Å²) in [6, 6.07) is 5.85. The first-order chi connectivity index (χ1) is 8.81. The lowest BCUT2D eigenvalue weighted by molar-refractivity contribution is 0.410. The Kier molecular flexibility index (Phi) is 5.38. The second-order valence-electron chi connectivity index (χ2n) is 4.94. The fourth-order valence-electron chi connectivity index (χ4n) is 1.73. The SMILES string of the molecule is CNC(C)c1ccc(OC)c(CS(=O)(=O)C(C)C)c1. The average Bonchev–Trinajstić information content (AvgIpc) is 2.37. The summed E-state index contributed by atoms with van der Waals surface area (Å²) in [5, 5.41) is 2.75. The van der Waals surface area contributed by atoms with Crippen LogP contribution < -0.4 is 10.1 Å². The third kappa shape index (κ3) is 3.94. The molecule has 0 fully saturated rings. The van der Waals surface area contributed by atoms with Crippen molar-refractivity contribution in [2.24, 2.45) is 0 Å². The van der Waals surface area contributed by atoms with Crippen molar-refractivity contribution in [3.8, 4) is 5.75 Å². The van der Waals surface area contributed by atoms with Crippen LogP contribution in [0.3, 0.4) is 0 Å². The van der Waals surface area contributed by atoms with Crippen LogP contribution >= 0.6 is 0 Å². The normalized spacial score (nSPS) is 13.6. The molecule has 0 amide bonds. The summed E-state index contributed by atoms with van der Waals surface area (Å²) in [7, 11) is 0.299. The van der Waals surface area contributed by atoms with E-state index in [4.69, 9.17) is 4.74 Å². The molecule has 0 heterocycles. The van der Waals surface area contributed by atoms with E-state index in [1.165, 1.54) is 0 Å². The van der Waals surface area contributed by atoms with E-state index in [0.717, 1.165) is 11.1 Å². The number of hydrogen-bond donors (Lipinski definition) is 1. The molecule has 108 valence electrons. The monoisotopic (exact) mass is 285 g/mol. The lowest BCUT2D eigenvalue weighted by Crippen LogP contribution is -2.17. The predicted molar refractivity (Wildman–Crippen MR) is 78.2 cm³/mol. The molecule has 19 heavy (non-hydrogen) atoms. The summed E-state index contributed by atoms with van der Waals surface area (Å²) >= 11 is 0. The molecule has 0 aromatic heterocycles.